The van der Waals surface area contributed by atoms with E-state index in [4.69, 9.17) is 11.5 Å². The zero-order valence-corrected chi connectivity index (χ0v) is 11.0. The maximum atomic E-state index is 9.55. The molecular formula is C13H21N5O. The number of hydrogen-bond donors (Lipinski definition) is 3. The van der Waals surface area contributed by atoms with Crippen molar-refractivity contribution in [1.82, 2.24) is 9.97 Å². The number of aromatic nitrogens is 2. The molecule has 1 saturated heterocycles. The molecule has 1 aromatic heterocycles. The van der Waals surface area contributed by atoms with E-state index in [1.54, 1.807) is 0 Å². The number of nitrogens with two attached hydrogens (primary N) is 2. The van der Waals surface area contributed by atoms with Crippen LogP contribution in [0.15, 0.2) is 6.07 Å². The molecule has 2 heterocycles. The van der Waals surface area contributed by atoms with Crippen molar-refractivity contribution in [2.45, 2.75) is 43.7 Å². The second kappa shape index (κ2) is 4.94. The Labute approximate surface area is 112 Å². The van der Waals surface area contributed by atoms with Crippen LogP contribution < -0.4 is 16.4 Å². The van der Waals surface area contributed by atoms with Gasteiger partial charge in [-0.25, -0.2) is 4.98 Å². The molecule has 0 radical (unpaired) electrons. The highest BCUT2D eigenvalue weighted by Crippen LogP contribution is 2.36. The molecule has 1 aliphatic heterocycles. The van der Waals surface area contributed by atoms with Gasteiger partial charge < -0.3 is 21.5 Å². The predicted molar refractivity (Wildman–Crippen MR) is 73.8 cm³/mol. The Morgan fingerprint density at radius 3 is 2.53 bits per heavy atom. The maximum absolute atomic E-state index is 9.55. The zero-order valence-electron chi connectivity index (χ0n) is 11.0. The number of nitrogen functional groups attached to an aromatic ring is 1. The standard InChI is InChI=1S/C13H21N5O/c14-9-5-8(6-9)11-7-12(17-13(15)16-11)18-3-1-10(19)2-4-18/h7-10,19H,1-6,14H2,(H2,15,16,17). The van der Waals surface area contributed by atoms with E-state index in [1.165, 1.54) is 0 Å². The molecule has 6 nitrogen and oxygen atoms in total. The van der Waals surface area contributed by atoms with Crippen LogP contribution in [0.5, 0.6) is 0 Å². The van der Waals surface area contributed by atoms with Crippen LogP contribution in [0.25, 0.3) is 0 Å². The van der Waals surface area contributed by atoms with Gasteiger partial charge in [-0.05, 0) is 25.7 Å². The lowest BCUT2D eigenvalue weighted by Crippen LogP contribution is -2.37. The third-order valence-corrected chi connectivity index (χ3v) is 4.13. The molecular weight excluding hydrogens is 242 g/mol. The van der Waals surface area contributed by atoms with E-state index in [2.05, 4.69) is 14.9 Å². The fourth-order valence-corrected chi connectivity index (χ4v) is 2.84. The van der Waals surface area contributed by atoms with Gasteiger partial charge in [-0.2, -0.15) is 4.98 Å². The first-order chi connectivity index (χ1) is 9.11. The summed E-state index contributed by atoms with van der Waals surface area (Å²) in [6.45, 7) is 1.64. The Morgan fingerprint density at radius 2 is 1.89 bits per heavy atom. The van der Waals surface area contributed by atoms with Gasteiger partial charge in [-0.15, -0.1) is 0 Å². The molecule has 0 bridgehead atoms. The molecule has 3 rings (SSSR count). The molecule has 0 atom stereocenters. The number of aliphatic hydroxyl groups is 1. The zero-order chi connectivity index (χ0) is 13.4. The average molecular weight is 263 g/mol. The molecule has 6 heteroatoms. The van der Waals surface area contributed by atoms with E-state index >= 15 is 0 Å². The van der Waals surface area contributed by atoms with E-state index < -0.39 is 0 Å². The maximum Gasteiger partial charge on any atom is 0.222 e. The third-order valence-electron chi connectivity index (χ3n) is 4.13. The van der Waals surface area contributed by atoms with Crippen molar-refractivity contribution in [3.63, 3.8) is 0 Å². The minimum atomic E-state index is -0.181. The molecule has 2 aliphatic rings. The number of nitrogens with zero attached hydrogens (tertiary/aromatic N) is 3. The average Bonchev–Trinajstić information content (AvgIpc) is 2.35. The van der Waals surface area contributed by atoms with Gasteiger partial charge in [0.2, 0.25) is 5.95 Å². The van der Waals surface area contributed by atoms with Crippen LogP contribution in [0.1, 0.15) is 37.3 Å². The second-order valence-corrected chi connectivity index (χ2v) is 5.66. The van der Waals surface area contributed by atoms with Gasteiger partial charge in [-0.1, -0.05) is 0 Å². The summed E-state index contributed by atoms with van der Waals surface area (Å²) >= 11 is 0. The van der Waals surface area contributed by atoms with Crippen molar-refractivity contribution in [3.8, 4) is 0 Å². The molecule has 5 N–H and O–H groups in total. The summed E-state index contributed by atoms with van der Waals surface area (Å²) in [5.74, 6) is 1.64. The van der Waals surface area contributed by atoms with E-state index in [0.717, 1.165) is 50.3 Å². The van der Waals surface area contributed by atoms with Crippen molar-refractivity contribution in [2.24, 2.45) is 5.73 Å². The molecule has 19 heavy (non-hydrogen) atoms. The summed E-state index contributed by atoms with van der Waals surface area (Å²) in [5, 5.41) is 9.55. The summed E-state index contributed by atoms with van der Waals surface area (Å²) in [6, 6.07) is 2.33. The smallest absolute Gasteiger partial charge is 0.222 e. The summed E-state index contributed by atoms with van der Waals surface area (Å²) < 4.78 is 0. The number of rotatable bonds is 2. The van der Waals surface area contributed by atoms with Crippen molar-refractivity contribution in [2.75, 3.05) is 23.7 Å². The Kier molecular flexibility index (Phi) is 3.28. The van der Waals surface area contributed by atoms with Crippen molar-refractivity contribution in [3.05, 3.63) is 11.8 Å². The molecule has 1 aliphatic carbocycles. The highest BCUT2D eigenvalue weighted by Gasteiger charge is 2.29. The van der Waals surface area contributed by atoms with Crippen LogP contribution in [0.3, 0.4) is 0 Å². The Morgan fingerprint density at radius 1 is 1.21 bits per heavy atom. The highest BCUT2D eigenvalue weighted by atomic mass is 16.3. The van der Waals surface area contributed by atoms with Crippen LogP contribution >= 0.6 is 0 Å². The largest absolute Gasteiger partial charge is 0.393 e. The minimum Gasteiger partial charge on any atom is -0.393 e. The van der Waals surface area contributed by atoms with Crippen LogP contribution in [0.2, 0.25) is 0 Å². The summed E-state index contributed by atoms with van der Waals surface area (Å²) in [5.41, 5.74) is 12.7. The lowest BCUT2D eigenvalue weighted by molar-refractivity contribution is 0.145. The van der Waals surface area contributed by atoms with Crippen LogP contribution in [0.4, 0.5) is 11.8 Å². The Hall–Kier alpha value is -1.40. The van der Waals surface area contributed by atoms with Crippen LogP contribution in [-0.2, 0) is 0 Å². The molecule has 0 unspecified atom stereocenters. The fraction of sp³-hybridized carbons (Fsp3) is 0.692. The summed E-state index contributed by atoms with van der Waals surface area (Å²) in [7, 11) is 0. The normalized spacial score (nSPS) is 28.2. The lowest BCUT2D eigenvalue weighted by atomic mass is 9.78. The third kappa shape index (κ3) is 2.64. The van der Waals surface area contributed by atoms with Gasteiger partial charge in [0.15, 0.2) is 0 Å². The molecule has 0 amide bonds. The Bertz CT molecular complexity index is 452. The minimum absolute atomic E-state index is 0.181. The quantitative estimate of drug-likeness (QED) is 0.706. The second-order valence-electron chi connectivity index (χ2n) is 5.66. The van der Waals surface area contributed by atoms with Crippen LogP contribution in [0, 0.1) is 0 Å². The van der Waals surface area contributed by atoms with Crippen LogP contribution in [-0.4, -0.2) is 40.3 Å². The number of hydrogen-bond acceptors (Lipinski definition) is 6. The first kappa shape index (κ1) is 12.6. The highest BCUT2D eigenvalue weighted by molar-refractivity contribution is 5.45. The molecule has 1 saturated carbocycles. The van der Waals surface area contributed by atoms with E-state index in [-0.39, 0.29) is 6.10 Å². The Balaban J connectivity index is 1.77. The van der Waals surface area contributed by atoms with Crippen molar-refractivity contribution < 1.29 is 5.11 Å². The first-order valence-electron chi connectivity index (χ1n) is 6.95. The molecule has 104 valence electrons. The molecule has 2 fully saturated rings. The first-order valence-corrected chi connectivity index (χ1v) is 6.95. The SMILES string of the molecule is Nc1nc(C2CC(N)C2)cc(N2CCC(O)CC2)n1. The predicted octanol–water partition coefficient (Wildman–Crippen LogP) is 0.225. The lowest BCUT2D eigenvalue weighted by Gasteiger charge is -2.34. The molecule has 0 aromatic carbocycles. The topological polar surface area (TPSA) is 101 Å². The monoisotopic (exact) mass is 263 g/mol. The number of piperidine rings is 1. The van der Waals surface area contributed by atoms with Crippen molar-refractivity contribution >= 4 is 11.8 Å². The number of anilines is 2. The van der Waals surface area contributed by atoms with E-state index in [9.17, 15) is 5.11 Å². The van der Waals surface area contributed by atoms with Gasteiger partial charge >= 0.3 is 0 Å². The van der Waals surface area contributed by atoms with Gasteiger partial charge in [0.25, 0.3) is 0 Å². The van der Waals surface area contributed by atoms with Gasteiger partial charge in [0, 0.05) is 31.1 Å². The van der Waals surface area contributed by atoms with Crippen molar-refractivity contribution in [1.29, 1.82) is 0 Å². The summed E-state index contributed by atoms with van der Waals surface area (Å²) in [4.78, 5) is 10.8. The van der Waals surface area contributed by atoms with Gasteiger partial charge in [0.1, 0.15) is 5.82 Å². The van der Waals surface area contributed by atoms with Gasteiger partial charge in [0.05, 0.1) is 11.8 Å². The number of aliphatic hydroxyl groups excluding tert-OH is 1. The van der Waals surface area contributed by atoms with E-state index in [1.807, 2.05) is 6.07 Å². The summed E-state index contributed by atoms with van der Waals surface area (Å²) in [6.07, 6.45) is 3.35. The molecule has 1 aromatic rings. The fourth-order valence-electron chi connectivity index (χ4n) is 2.84. The molecule has 0 spiro atoms. The van der Waals surface area contributed by atoms with Gasteiger partial charge in [-0.3, -0.25) is 0 Å². The van der Waals surface area contributed by atoms with E-state index in [0.29, 0.717) is 17.9 Å².